The highest BCUT2D eigenvalue weighted by Gasteiger charge is 1.84. The zero-order valence-electron chi connectivity index (χ0n) is 46.2. The summed E-state index contributed by atoms with van der Waals surface area (Å²) in [6.45, 7) is 24.4. The minimum Gasteiger partial charge on any atom is -0.452 e. The van der Waals surface area contributed by atoms with E-state index in [1.54, 1.807) is 123 Å². The molecule has 0 aliphatic rings. The Morgan fingerprint density at radius 2 is 1.26 bits per heavy atom. The smallest absolute Gasteiger partial charge is 0.223 e. The van der Waals surface area contributed by atoms with Crippen molar-refractivity contribution in [2.45, 2.75) is 90.0 Å². The van der Waals surface area contributed by atoms with E-state index < -0.39 is 0 Å². The van der Waals surface area contributed by atoms with Crippen molar-refractivity contribution in [1.29, 1.82) is 0 Å². The van der Waals surface area contributed by atoms with Gasteiger partial charge in [-0.05, 0) is 128 Å². The zero-order chi connectivity index (χ0) is 58.7. The first kappa shape index (κ1) is 69.2. The normalized spacial score (nSPS) is 8.81. The fourth-order valence-electron chi connectivity index (χ4n) is 3.59. The van der Waals surface area contributed by atoms with Crippen molar-refractivity contribution in [3.05, 3.63) is 213 Å². The molecule has 0 saturated heterocycles. The van der Waals surface area contributed by atoms with Crippen LogP contribution in [0.1, 0.15) is 72.1 Å². The average Bonchev–Trinajstić information content (AvgIpc) is 4.27. The molecule has 13 heterocycles. The summed E-state index contributed by atoms with van der Waals surface area (Å²) in [5.41, 5.74) is 7.26. The Hall–Kier alpha value is -8.78. The second-order valence-corrected chi connectivity index (χ2v) is 18.8. The quantitative estimate of drug-likeness (QED) is 0.136. The van der Waals surface area contributed by atoms with Crippen LogP contribution in [0.5, 0.6) is 0 Å². The molecule has 0 spiro atoms. The Bertz CT molecular complexity index is 2450. The molecule has 0 aromatic carbocycles. The van der Waals surface area contributed by atoms with Gasteiger partial charge < -0.3 is 26.7 Å². The average molecular weight is 1190 g/mol. The topological polar surface area (TPSA) is 337 Å². The first-order valence-corrected chi connectivity index (χ1v) is 27.0. The SMILES string of the molecule is Cc1ccccn1.Cc1ccns1.Cc1cnco1.Cc1cncs1.Cc1cocn1.Cc1ncccn1.Cc1ncco1.Cc1ncno1.Cc1ncns1.Cc1ncon1.Cc1ncsn1.Cc1nnco1.Cc1nncs1. The second kappa shape index (κ2) is 47.4. The molecule has 0 fully saturated rings. The van der Waals surface area contributed by atoms with Gasteiger partial charge in [0.1, 0.15) is 57.3 Å². The number of pyridine rings is 1. The second-order valence-electron chi connectivity index (χ2n) is 14.1. The summed E-state index contributed by atoms with van der Waals surface area (Å²) in [5.74, 6) is 5.15. The third kappa shape index (κ3) is 45.4. The highest BCUT2D eigenvalue weighted by atomic mass is 32.1. The Labute approximate surface area is 483 Å². The molecule has 0 amide bonds. The van der Waals surface area contributed by atoms with Crippen molar-refractivity contribution < 1.29 is 26.7 Å². The van der Waals surface area contributed by atoms with Crippen LogP contribution >= 0.6 is 57.3 Å². The summed E-state index contributed by atoms with van der Waals surface area (Å²) in [6.07, 6.45) is 23.7. The lowest BCUT2D eigenvalue weighted by molar-refractivity contribution is 0.392. The van der Waals surface area contributed by atoms with Crippen molar-refractivity contribution >= 4 is 57.3 Å². The zero-order valence-corrected chi connectivity index (χ0v) is 50.3. The van der Waals surface area contributed by atoms with E-state index in [0.29, 0.717) is 17.6 Å². The van der Waals surface area contributed by atoms with E-state index in [1.165, 1.54) is 76.3 Å². The van der Waals surface area contributed by atoms with E-state index in [-0.39, 0.29) is 0 Å². The van der Waals surface area contributed by atoms with E-state index in [2.05, 4.69) is 117 Å². The lowest BCUT2D eigenvalue weighted by Crippen LogP contribution is -1.80. The number of thiazole rings is 1. The standard InChI is InChI=1S/C6H7N.C5H6N2.3C4H5NO.2C4H5NS.3C3H4N2O.3C3H4N2S/c1-6-4-2-3-5-7-6;1-5-6-3-2-4-7-5;1-4-2-6-3-5-4;1-4-2-5-3-6-4;1-4-5-2-3-6-4;1-4-2-5-3-6-4;1-4-2-3-5-6-4;1-3-5-4-2-6-3;1-3-4-2-6-5-3;1-3-4-2-5-6-3;1-3-5-4-2-6-3;1-3-4-2-6-5-3;1-3-4-2-5-6-3/h2-5H,1H3;2-4H,1H3;5*2-3H,1H3;6*2H,1H3. The first-order chi connectivity index (χ1) is 38.6. The number of oxazole rings is 3. The molecule has 0 aliphatic carbocycles. The van der Waals surface area contributed by atoms with Crippen molar-refractivity contribution in [2.75, 3.05) is 0 Å². The maximum Gasteiger partial charge on any atom is 0.223 e. The van der Waals surface area contributed by atoms with E-state index in [9.17, 15) is 0 Å². The van der Waals surface area contributed by atoms with Crippen molar-refractivity contribution in [3.8, 4) is 0 Å². The molecular formula is C49H62N20O6S5. The van der Waals surface area contributed by atoms with Gasteiger partial charge in [0.15, 0.2) is 30.8 Å². The van der Waals surface area contributed by atoms with Gasteiger partial charge in [-0.25, -0.2) is 39.3 Å². The van der Waals surface area contributed by atoms with Crippen molar-refractivity contribution in [1.82, 2.24) is 98.7 Å². The number of rotatable bonds is 0. The Balaban J connectivity index is 0.000000433. The molecule has 0 bridgehead atoms. The van der Waals surface area contributed by atoms with Crippen LogP contribution in [0.4, 0.5) is 0 Å². The minimum atomic E-state index is 0.606. The van der Waals surface area contributed by atoms with Gasteiger partial charge in [0.05, 0.1) is 23.6 Å². The number of hydrogen-bond acceptors (Lipinski definition) is 31. The first-order valence-electron chi connectivity index (χ1n) is 22.9. The third-order valence-corrected chi connectivity index (χ3v) is 10.2. The number of aromatic nitrogens is 20. The summed E-state index contributed by atoms with van der Waals surface area (Å²) in [4.78, 5) is 44.2. The van der Waals surface area contributed by atoms with Gasteiger partial charge in [0.2, 0.25) is 24.6 Å². The molecule has 0 radical (unpaired) electrons. The van der Waals surface area contributed by atoms with Crippen LogP contribution in [0.15, 0.2) is 168 Å². The lowest BCUT2D eigenvalue weighted by Gasteiger charge is -1.82. The summed E-state index contributed by atoms with van der Waals surface area (Å²) in [6, 6.07) is 9.65. The maximum atomic E-state index is 4.72. The van der Waals surface area contributed by atoms with Gasteiger partial charge in [-0.3, -0.25) is 9.97 Å². The fraction of sp³-hybridized carbons (Fsp3) is 0.265. The summed E-state index contributed by atoms with van der Waals surface area (Å²) in [5, 5.41) is 23.0. The maximum absolute atomic E-state index is 4.72. The molecule has 13 rings (SSSR count). The van der Waals surface area contributed by atoms with Crippen LogP contribution in [0, 0.1) is 90.0 Å². The van der Waals surface area contributed by atoms with Crippen LogP contribution in [-0.4, -0.2) is 98.7 Å². The predicted molar refractivity (Wildman–Crippen MR) is 304 cm³/mol. The Kier molecular flexibility index (Phi) is 41.1. The fourth-order valence-corrected chi connectivity index (χ4v) is 5.54. The molecule has 0 N–H and O–H groups in total. The number of hydrogen-bond donors (Lipinski definition) is 0. The molecule has 80 heavy (non-hydrogen) atoms. The molecule has 0 saturated carbocycles. The van der Waals surface area contributed by atoms with E-state index in [0.717, 1.165) is 44.7 Å². The number of aryl methyl sites for hydroxylation is 13. The molecule has 26 nitrogen and oxygen atoms in total. The van der Waals surface area contributed by atoms with Gasteiger partial charge in [0, 0.05) is 67.2 Å². The van der Waals surface area contributed by atoms with E-state index >= 15 is 0 Å². The molecule has 31 heteroatoms. The van der Waals surface area contributed by atoms with Gasteiger partial charge in [-0.15, -0.1) is 43.1 Å². The largest absolute Gasteiger partial charge is 0.452 e. The van der Waals surface area contributed by atoms with Crippen LogP contribution in [0.3, 0.4) is 0 Å². The Morgan fingerprint density at radius 1 is 0.463 bits per heavy atom. The third-order valence-electron chi connectivity index (χ3n) is 7.12. The van der Waals surface area contributed by atoms with Gasteiger partial charge in [0.25, 0.3) is 0 Å². The van der Waals surface area contributed by atoms with E-state index in [1.807, 2.05) is 98.3 Å². The molecule has 424 valence electrons. The van der Waals surface area contributed by atoms with Crippen LogP contribution in [0.2, 0.25) is 0 Å². The van der Waals surface area contributed by atoms with Gasteiger partial charge in [-0.2, -0.15) is 18.7 Å². The number of nitrogens with zero attached hydrogens (tertiary/aromatic N) is 20. The van der Waals surface area contributed by atoms with Crippen molar-refractivity contribution in [2.24, 2.45) is 0 Å². The molecule has 0 unspecified atom stereocenters. The molecular weight excluding hydrogens is 1130 g/mol. The Morgan fingerprint density at radius 3 is 1.45 bits per heavy atom. The molecule has 13 aromatic rings. The predicted octanol–water partition coefficient (Wildman–Crippen LogP) is 11.7. The summed E-state index contributed by atoms with van der Waals surface area (Å²) in [7, 11) is 0. The monoisotopic (exact) mass is 1190 g/mol. The van der Waals surface area contributed by atoms with Gasteiger partial charge in [-0.1, -0.05) is 16.4 Å². The van der Waals surface area contributed by atoms with Crippen LogP contribution < -0.4 is 0 Å². The molecule has 0 aliphatic heterocycles. The highest BCUT2D eigenvalue weighted by Crippen LogP contribution is 2.00. The molecule has 0 atom stereocenters. The minimum absolute atomic E-state index is 0.606. The molecule has 13 aromatic heterocycles. The summed E-state index contributed by atoms with van der Waals surface area (Å²) >= 11 is 7.55. The van der Waals surface area contributed by atoms with Gasteiger partial charge >= 0.3 is 0 Å². The van der Waals surface area contributed by atoms with E-state index in [4.69, 9.17) is 8.83 Å². The highest BCUT2D eigenvalue weighted by molar-refractivity contribution is 7.09. The summed E-state index contributed by atoms with van der Waals surface area (Å²) < 4.78 is 38.9. The van der Waals surface area contributed by atoms with Crippen molar-refractivity contribution in [3.63, 3.8) is 0 Å². The van der Waals surface area contributed by atoms with Crippen LogP contribution in [0.25, 0.3) is 0 Å². The lowest BCUT2D eigenvalue weighted by atomic mass is 10.4. The van der Waals surface area contributed by atoms with Crippen LogP contribution in [-0.2, 0) is 0 Å².